The van der Waals surface area contributed by atoms with Gasteiger partial charge in [-0.25, -0.2) is 4.68 Å². The van der Waals surface area contributed by atoms with E-state index in [9.17, 15) is 9.59 Å². The van der Waals surface area contributed by atoms with Gasteiger partial charge in [0.05, 0.1) is 17.6 Å². The van der Waals surface area contributed by atoms with E-state index in [0.717, 1.165) is 5.69 Å². The molecule has 0 aliphatic rings. The third kappa shape index (κ3) is 4.22. The van der Waals surface area contributed by atoms with Gasteiger partial charge in [-0.3, -0.25) is 14.3 Å². The number of rotatable bonds is 6. The van der Waals surface area contributed by atoms with Gasteiger partial charge >= 0.3 is 0 Å². The number of hydrogen-bond acceptors (Lipinski definition) is 4. The zero-order valence-electron chi connectivity index (χ0n) is 15.5. The van der Waals surface area contributed by atoms with Gasteiger partial charge in [-0.1, -0.05) is 25.1 Å². The second-order valence-corrected chi connectivity index (χ2v) is 6.32. The predicted octanol–water partition coefficient (Wildman–Crippen LogP) is 3.25. The predicted molar refractivity (Wildman–Crippen MR) is 103 cm³/mol. The molecule has 2 amide bonds. The van der Waals surface area contributed by atoms with Gasteiger partial charge in [0.25, 0.3) is 5.91 Å². The van der Waals surface area contributed by atoms with Crippen LogP contribution in [-0.4, -0.2) is 31.4 Å². The van der Waals surface area contributed by atoms with E-state index in [-0.39, 0.29) is 23.6 Å². The van der Waals surface area contributed by atoms with Gasteiger partial charge in [-0.2, -0.15) is 10.2 Å². The summed E-state index contributed by atoms with van der Waals surface area (Å²) in [5.41, 5.74) is 1.53. The molecule has 3 rings (SSSR count). The average Bonchev–Trinajstić information content (AvgIpc) is 3.29. The van der Waals surface area contributed by atoms with Crippen LogP contribution in [0, 0.1) is 0 Å². The highest BCUT2D eigenvalue weighted by atomic mass is 16.2. The highest BCUT2D eigenvalue weighted by Gasteiger charge is 2.17. The van der Waals surface area contributed by atoms with Crippen molar-refractivity contribution in [3.8, 4) is 5.69 Å². The summed E-state index contributed by atoms with van der Waals surface area (Å²) in [4.78, 5) is 24.4. The van der Waals surface area contributed by atoms with Crippen molar-refractivity contribution in [1.82, 2.24) is 19.6 Å². The number of carbonyl (C=O) groups excluding carboxylic acids is 2. The Kier molecular flexibility index (Phi) is 5.35. The van der Waals surface area contributed by atoms with Gasteiger partial charge in [-0.05, 0) is 26.0 Å². The molecule has 0 spiro atoms. The highest BCUT2D eigenvalue weighted by molar-refractivity contribution is 6.03. The van der Waals surface area contributed by atoms with Crippen LogP contribution in [0.25, 0.3) is 5.69 Å². The first kappa shape index (κ1) is 18.4. The van der Waals surface area contributed by atoms with Crippen molar-refractivity contribution in [2.45, 2.75) is 33.2 Å². The molecule has 8 heteroatoms. The lowest BCUT2D eigenvalue weighted by Gasteiger charge is -2.07. The van der Waals surface area contributed by atoms with Crippen molar-refractivity contribution in [3.63, 3.8) is 0 Å². The van der Waals surface area contributed by atoms with Crippen LogP contribution in [-0.2, 0) is 4.79 Å². The Bertz CT molecular complexity index is 942. The maximum absolute atomic E-state index is 12.6. The summed E-state index contributed by atoms with van der Waals surface area (Å²) in [5.74, 6) is -0.0895. The zero-order chi connectivity index (χ0) is 19.4. The Hall–Kier alpha value is -3.42. The van der Waals surface area contributed by atoms with Crippen molar-refractivity contribution in [2.24, 2.45) is 0 Å². The molecule has 2 N–H and O–H groups in total. The molecule has 0 saturated carbocycles. The maximum Gasteiger partial charge on any atom is 0.276 e. The molecule has 0 fully saturated rings. The van der Waals surface area contributed by atoms with Crippen LogP contribution in [0.4, 0.5) is 11.5 Å². The quantitative estimate of drug-likeness (QED) is 0.700. The number of para-hydroxylation sites is 1. The van der Waals surface area contributed by atoms with Crippen molar-refractivity contribution in [3.05, 3.63) is 54.5 Å². The molecule has 2 heterocycles. The fourth-order valence-corrected chi connectivity index (χ4v) is 2.46. The first-order valence-electron chi connectivity index (χ1n) is 8.78. The molecule has 0 atom stereocenters. The number of hydrogen-bond donors (Lipinski definition) is 2. The molecule has 0 radical (unpaired) electrons. The van der Waals surface area contributed by atoms with Crippen LogP contribution in [0.5, 0.6) is 0 Å². The summed E-state index contributed by atoms with van der Waals surface area (Å²) in [6, 6.07) is 11.1. The summed E-state index contributed by atoms with van der Waals surface area (Å²) >= 11 is 0. The van der Waals surface area contributed by atoms with Crippen molar-refractivity contribution in [1.29, 1.82) is 0 Å². The summed E-state index contributed by atoms with van der Waals surface area (Å²) in [7, 11) is 0. The molecular weight excluding hydrogens is 344 g/mol. The van der Waals surface area contributed by atoms with Crippen molar-refractivity contribution < 1.29 is 9.59 Å². The highest BCUT2D eigenvalue weighted by Crippen LogP contribution is 2.19. The minimum atomic E-state index is -0.375. The normalized spacial score (nSPS) is 10.8. The van der Waals surface area contributed by atoms with Gasteiger partial charge in [0, 0.05) is 24.7 Å². The lowest BCUT2D eigenvalue weighted by atomic mass is 10.3. The summed E-state index contributed by atoms with van der Waals surface area (Å²) in [5, 5.41) is 14.1. The number of benzene rings is 1. The minimum absolute atomic E-state index is 0.155. The monoisotopic (exact) mass is 366 g/mol. The van der Waals surface area contributed by atoms with E-state index in [1.165, 1.54) is 0 Å². The summed E-state index contributed by atoms with van der Waals surface area (Å²) in [6.45, 7) is 5.77. The number of nitrogens with one attached hydrogen (secondary N) is 2. The molecule has 0 bridgehead atoms. The van der Waals surface area contributed by atoms with Gasteiger partial charge in [0.15, 0.2) is 5.69 Å². The molecule has 8 nitrogen and oxygen atoms in total. The van der Waals surface area contributed by atoms with Crippen LogP contribution < -0.4 is 10.6 Å². The lowest BCUT2D eigenvalue weighted by molar-refractivity contribution is -0.115. The fraction of sp³-hybridized carbons (Fsp3) is 0.263. The second-order valence-electron chi connectivity index (χ2n) is 6.32. The van der Waals surface area contributed by atoms with E-state index in [1.807, 2.05) is 44.2 Å². The van der Waals surface area contributed by atoms with Crippen LogP contribution in [0.15, 0.2) is 48.8 Å². The van der Waals surface area contributed by atoms with Gasteiger partial charge in [-0.15, -0.1) is 0 Å². The standard InChI is InChI=1S/C19H22N6O2/c1-4-18(26)22-17-10-16(23-25(17)15-8-6-5-7-9-15)19(27)21-14-11-20-24(12-14)13(2)3/h5-13H,4H2,1-3H3,(H,21,27)(H,22,26). The van der Waals surface area contributed by atoms with Crippen molar-refractivity contribution >= 4 is 23.3 Å². The molecular formula is C19H22N6O2. The summed E-state index contributed by atoms with van der Waals surface area (Å²) < 4.78 is 3.30. The van der Waals surface area contributed by atoms with E-state index in [2.05, 4.69) is 20.8 Å². The molecule has 3 aromatic rings. The van der Waals surface area contributed by atoms with Gasteiger partial charge in [0.2, 0.25) is 5.91 Å². The zero-order valence-corrected chi connectivity index (χ0v) is 15.5. The van der Waals surface area contributed by atoms with Gasteiger partial charge in [0.1, 0.15) is 5.82 Å². The number of amides is 2. The lowest BCUT2D eigenvalue weighted by Crippen LogP contribution is -2.13. The number of anilines is 2. The fourth-order valence-electron chi connectivity index (χ4n) is 2.46. The first-order valence-corrected chi connectivity index (χ1v) is 8.78. The maximum atomic E-state index is 12.6. The third-order valence-electron chi connectivity index (χ3n) is 3.92. The third-order valence-corrected chi connectivity index (χ3v) is 3.92. The van der Waals surface area contributed by atoms with E-state index < -0.39 is 0 Å². The van der Waals surface area contributed by atoms with Gasteiger partial charge < -0.3 is 10.6 Å². The van der Waals surface area contributed by atoms with Crippen LogP contribution in [0.3, 0.4) is 0 Å². The smallest absolute Gasteiger partial charge is 0.276 e. The SMILES string of the molecule is CCC(=O)Nc1cc(C(=O)Nc2cnn(C(C)C)c2)nn1-c1ccccc1. The number of nitrogens with zero attached hydrogens (tertiary/aromatic N) is 4. The Morgan fingerprint density at radius 1 is 1.15 bits per heavy atom. The molecule has 27 heavy (non-hydrogen) atoms. The number of aromatic nitrogens is 4. The topological polar surface area (TPSA) is 93.8 Å². The van der Waals surface area contributed by atoms with Crippen LogP contribution in [0.2, 0.25) is 0 Å². The molecule has 0 unspecified atom stereocenters. The molecule has 0 aliphatic carbocycles. The Labute approximate surface area is 157 Å². The molecule has 140 valence electrons. The Morgan fingerprint density at radius 2 is 1.89 bits per heavy atom. The first-order chi connectivity index (χ1) is 13.0. The van der Waals surface area contributed by atoms with E-state index in [4.69, 9.17) is 0 Å². The summed E-state index contributed by atoms with van der Waals surface area (Å²) in [6.07, 6.45) is 3.68. The molecule has 2 aromatic heterocycles. The molecule has 0 saturated heterocycles. The van der Waals surface area contributed by atoms with Crippen molar-refractivity contribution in [2.75, 3.05) is 10.6 Å². The molecule has 1 aromatic carbocycles. The Balaban J connectivity index is 1.88. The minimum Gasteiger partial charge on any atom is -0.318 e. The second kappa shape index (κ2) is 7.86. The van der Waals surface area contributed by atoms with Crippen LogP contribution >= 0.6 is 0 Å². The number of carbonyl (C=O) groups is 2. The van der Waals surface area contributed by atoms with E-state index >= 15 is 0 Å². The average molecular weight is 366 g/mol. The molecule has 0 aliphatic heterocycles. The van der Waals surface area contributed by atoms with E-state index in [0.29, 0.717) is 17.9 Å². The van der Waals surface area contributed by atoms with E-state index in [1.54, 1.807) is 34.7 Å². The largest absolute Gasteiger partial charge is 0.318 e. The Morgan fingerprint density at radius 3 is 2.52 bits per heavy atom. The van der Waals surface area contributed by atoms with Crippen LogP contribution in [0.1, 0.15) is 43.7 Å².